The fourth-order valence-corrected chi connectivity index (χ4v) is 6.97. The van der Waals surface area contributed by atoms with Crippen LogP contribution < -0.4 is 0 Å². The zero-order valence-electron chi connectivity index (χ0n) is 11.0. The average Bonchev–Trinajstić information content (AvgIpc) is 2.02. The molecule has 0 fully saturated rings. The molecule has 0 aliphatic carbocycles. The fraction of sp³-hybridized carbons (Fsp3) is 0.889. The topological polar surface area (TPSA) is 23.6 Å². The lowest BCUT2D eigenvalue weighted by Gasteiger charge is -2.33. The van der Waals surface area contributed by atoms with Gasteiger partial charge in [0.05, 0.1) is 8.96 Å². The van der Waals surface area contributed by atoms with Crippen LogP contribution in [0.15, 0.2) is 0 Å². The molecular weight excluding hydrogens is 208 g/mol. The Morgan fingerprint density at radius 3 is 1.36 bits per heavy atom. The molecule has 0 atom stereocenters. The van der Waals surface area contributed by atoms with Gasteiger partial charge in [0.1, 0.15) is 8.24 Å². The van der Waals surface area contributed by atoms with E-state index in [1.54, 1.807) is 14.1 Å². The highest BCUT2D eigenvalue weighted by Gasteiger charge is 2.21. The van der Waals surface area contributed by atoms with Gasteiger partial charge in [0.2, 0.25) is 6.41 Å². The lowest BCUT2D eigenvalue weighted by Crippen LogP contribution is -2.49. The number of rotatable bonds is 3. The maximum Gasteiger partial charge on any atom is 0.209 e. The highest BCUT2D eigenvalue weighted by Crippen LogP contribution is 2.07. The molecule has 86 valence electrons. The van der Waals surface area contributed by atoms with Crippen LogP contribution >= 0.6 is 0 Å². The van der Waals surface area contributed by atoms with Crippen LogP contribution in [-0.4, -0.2) is 53.9 Å². The molecule has 0 heterocycles. The predicted octanol–water partition coefficient (Wildman–Crippen LogP) is 1.44. The average molecular weight is 234 g/mol. The van der Waals surface area contributed by atoms with Crippen LogP contribution in [0, 0.1) is 0 Å². The molecule has 0 rings (SSSR count). The molecule has 0 saturated carbocycles. The van der Waals surface area contributed by atoms with Crippen molar-refractivity contribution in [1.82, 2.24) is 9.13 Å². The Morgan fingerprint density at radius 2 is 1.36 bits per heavy atom. The number of hydrogen-bond acceptors (Lipinski definition) is 2. The molecule has 5 heteroatoms. The van der Waals surface area contributed by atoms with E-state index < -0.39 is 17.2 Å². The Hall–Kier alpha value is -0.136. The normalized spacial score (nSPS) is 11.0. The number of carbonyl (C=O) groups is 1. The summed E-state index contributed by atoms with van der Waals surface area (Å²) in [6.45, 7) is 12.0. The van der Waals surface area contributed by atoms with Crippen molar-refractivity contribution in [3.8, 4) is 0 Å². The summed E-state index contributed by atoms with van der Waals surface area (Å²) in [5.41, 5.74) is 0. The summed E-state index contributed by atoms with van der Waals surface area (Å²) in [6, 6.07) is 0. The van der Waals surface area contributed by atoms with Gasteiger partial charge in [-0.15, -0.1) is 0 Å². The van der Waals surface area contributed by atoms with E-state index >= 15 is 0 Å². The number of nitrogens with zero attached hydrogens (tertiary/aromatic N) is 2. The number of amides is 1. The van der Waals surface area contributed by atoms with Crippen LogP contribution in [0.1, 0.15) is 0 Å². The van der Waals surface area contributed by atoms with Crippen LogP contribution in [0.5, 0.6) is 0 Å². The van der Waals surface area contributed by atoms with E-state index in [1.165, 1.54) is 4.90 Å². The first-order valence-electron chi connectivity index (χ1n) is 4.97. The second kappa shape index (κ2) is 7.19. The quantitative estimate of drug-likeness (QED) is 0.545. The summed E-state index contributed by atoms with van der Waals surface area (Å²) in [4.78, 5) is 10.9. The van der Waals surface area contributed by atoms with Gasteiger partial charge in [-0.1, -0.05) is 32.7 Å². The minimum atomic E-state index is -0.929. The molecule has 0 bridgehead atoms. The van der Waals surface area contributed by atoms with Gasteiger partial charge in [-0.2, -0.15) is 0 Å². The highest BCUT2D eigenvalue weighted by atomic mass is 28.4. The van der Waals surface area contributed by atoms with Gasteiger partial charge < -0.3 is 9.13 Å². The molecule has 0 spiro atoms. The van der Waals surface area contributed by atoms with Gasteiger partial charge in [-0.25, -0.2) is 0 Å². The van der Waals surface area contributed by atoms with Crippen LogP contribution in [0.2, 0.25) is 32.7 Å². The molecule has 14 heavy (non-hydrogen) atoms. The predicted molar refractivity (Wildman–Crippen MR) is 69.7 cm³/mol. The van der Waals surface area contributed by atoms with E-state index in [1.807, 2.05) is 0 Å². The van der Waals surface area contributed by atoms with Crippen molar-refractivity contribution >= 4 is 23.6 Å². The molecule has 0 aliphatic rings. The van der Waals surface area contributed by atoms with E-state index in [0.717, 1.165) is 6.41 Å². The van der Waals surface area contributed by atoms with Crippen molar-refractivity contribution in [3.63, 3.8) is 0 Å². The summed E-state index contributed by atoms with van der Waals surface area (Å²) in [6.07, 6.45) is 0.750. The fourth-order valence-electron chi connectivity index (χ4n) is 0.775. The SMILES string of the molecule is CN(C)C=O.CN([SiH](C)C)[Si](C)(C)C. The lowest BCUT2D eigenvalue weighted by molar-refractivity contribution is -0.115. The van der Waals surface area contributed by atoms with Crippen LogP contribution in [0.3, 0.4) is 0 Å². The molecule has 0 aromatic rings. The Morgan fingerprint density at radius 1 is 1.07 bits per heavy atom. The zero-order valence-corrected chi connectivity index (χ0v) is 13.1. The van der Waals surface area contributed by atoms with E-state index in [-0.39, 0.29) is 0 Å². The van der Waals surface area contributed by atoms with Crippen molar-refractivity contribution in [2.24, 2.45) is 0 Å². The van der Waals surface area contributed by atoms with Crippen LogP contribution in [-0.2, 0) is 4.79 Å². The van der Waals surface area contributed by atoms with Crippen LogP contribution in [0.25, 0.3) is 0 Å². The summed E-state index contributed by atoms with van der Waals surface area (Å²) < 4.78 is 2.63. The van der Waals surface area contributed by atoms with Gasteiger partial charge in [-0.05, 0) is 7.05 Å². The molecule has 3 nitrogen and oxygen atoms in total. The minimum absolute atomic E-state index is 0.495. The molecule has 0 aromatic carbocycles. The first kappa shape index (κ1) is 16.3. The van der Waals surface area contributed by atoms with Crippen LogP contribution in [0.4, 0.5) is 0 Å². The monoisotopic (exact) mass is 234 g/mol. The molecule has 0 saturated heterocycles. The molecule has 0 N–H and O–H groups in total. The molecular formula is C9H26N2OSi2. The Kier molecular flexibility index (Phi) is 8.38. The zero-order chi connectivity index (χ0) is 11.9. The van der Waals surface area contributed by atoms with Gasteiger partial charge in [0, 0.05) is 14.1 Å². The van der Waals surface area contributed by atoms with Crippen molar-refractivity contribution in [2.75, 3.05) is 21.1 Å². The van der Waals surface area contributed by atoms with Gasteiger partial charge in [0.25, 0.3) is 0 Å². The molecule has 0 radical (unpaired) electrons. The first-order chi connectivity index (χ1) is 6.12. The molecule has 0 aromatic heterocycles. The second-order valence-electron chi connectivity index (χ2n) is 4.94. The maximum atomic E-state index is 9.43. The van der Waals surface area contributed by atoms with Crippen molar-refractivity contribution < 1.29 is 4.79 Å². The van der Waals surface area contributed by atoms with Crippen molar-refractivity contribution in [3.05, 3.63) is 0 Å². The van der Waals surface area contributed by atoms with Crippen molar-refractivity contribution in [2.45, 2.75) is 32.7 Å². The first-order valence-corrected chi connectivity index (χ1v) is 11.2. The van der Waals surface area contributed by atoms with E-state index in [4.69, 9.17) is 0 Å². The van der Waals surface area contributed by atoms with Crippen molar-refractivity contribution in [1.29, 1.82) is 0 Å². The largest absolute Gasteiger partial charge is 0.351 e. The third-order valence-corrected chi connectivity index (χ3v) is 9.58. The van der Waals surface area contributed by atoms with Gasteiger partial charge in [-0.3, -0.25) is 4.79 Å². The van der Waals surface area contributed by atoms with E-state index in [0.29, 0.717) is 0 Å². The highest BCUT2D eigenvalue weighted by molar-refractivity contribution is 6.82. The van der Waals surface area contributed by atoms with E-state index in [2.05, 4.69) is 44.0 Å². The molecule has 0 unspecified atom stereocenters. The molecule has 0 aliphatic heterocycles. The standard InChI is InChI=1S/C6H19NSi2.C3H7NO/c1-7(8(2)3)9(4,5)6;1-4(2)3-5/h8H,1-6H3;3H,1-2H3. The maximum absolute atomic E-state index is 9.43. The minimum Gasteiger partial charge on any atom is -0.351 e. The molecule has 1 amide bonds. The third kappa shape index (κ3) is 9.95. The Bertz CT molecular complexity index is 155. The second-order valence-corrected chi connectivity index (χ2v) is 13.5. The Balaban J connectivity index is 0. The number of hydrogen-bond donors (Lipinski definition) is 0. The summed E-state index contributed by atoms with van der Waals surface area (Å²) in [5.74, 6) is 0. The summed E-state index contributed by atoms with van der Waals surface area (Å²) >= 11 is 0. The third-order valence-electron chi connectivity index (χ3n) is 2.04. The summed E-state index contributed by atoms with van der Waals surface area (Å²) in [5, 5.41) is 0. The summed E-state index contributed by atoms with van der Waals surface area (Å²) in [7, 11) is 4.23. The number of carbonyl (C=O) groups excluding carboxylic acids is 1. The van der Waals surface area contributed by atoms with Gasteiger partial charge >= 0.3 is 0 Å². The lowest BCUT2D eigenvalue weighted by atomic mass is 11.0. The Labute approximate surface area is 91.9 Å². The van der Waals surface area contributed by atoms with E-state index in [9.17, 15) is 4.79 Å². The smallest absolute Gasteiger partial charge is 0.209 e. The van der Waals surface area contributed by atoms with Gasteiger partial charge in [0.15, 0.2) is 0 Å².